The maximum atomic E-state index is 13.2. The van der Waals surface area contributed by atoms with Crippen molar-refractivity contribution in [3.8, 4) is 5.69 Å². The second kappa shape index (κ2) is 6.52. The molecule has 3 rings (SSSR count). The molecule has 0 aliphatic heterocycles. The van der Waals surface area contributed by atoms with E-state index in [1.165, 1.54) is 41.1 Å². The summed E-state index contributed by atoms with van der Waals surface area (Å²) < 4.78 is 52.0. The SMILES string of the molecule is O=S(=O)(Cc1ccc(F)cc1)Cc1ccn(-c2cccc(F)c2)n1. The van der Waals surface area contributed by atoms with Crippen molar-refractivity contribution in [1.29, 1.82) is 0 Å². The van der Waals surface area contributed by atoms with E-state index in [1.54, 1.807) is 24.4 Å². The van der Waals surface area contributed by atoms with Crippen molar-refractivity contribution >= 4 is 9.84 Å². The minimum Gasteiger partial charge on any atom is -0.241 e. The molecular formula is C17H14F2N2O2S. The lowest BCUT2D eigenvalue weighted by atomic mass is 10.2. The van der Waals surface area contributed by atoms with Crippen molar-refractivity contribution in [3.63, 3.8) is 0 Å². The molecule has 7 heteroatoms. The van der Waals surface area contributed by atoms with Gasteiger partial charge in [-0.2, -0.15) is 5.10 Å². The second-order valence-electron chi connectivity index (χ2n) is 5.39. The van der Waals surface area contributed by atoms with Crippen LogP contribution in [0.1, 0.15) is 11.3 Å². The summed E-state index contributed by atoms with van der Waals surface area (Å²) in [5, 5.41) is 4.17. The Labute approximate surface area is 138 Å². The molecule has 4 nitrogen and oxygen atoms in total. The van der Waals surface area contributed by atoms with Crippen LogP contribution >= 0.6 is 0 Å². The van der Waals surface area contributed by atoms with E-state index in [0.717, 1.165) is 0 Å². The summed E-state index contributed by atoms with van der Waals surface area (Å²) in [6.07, 6.45) is 1.58. The van der Waals surface area contributed by atoms with Crippen molar-refractivity contribution < 1.29 is 17.2 Å². The molecule has 0 bridgehead atoms. The highest BCUT2D eigenvalue weighted by Crippen LogP contribution is 2.14. The summed E-state index contributed by atoms with van der Waals surface area (Å²) in [6.45, 7) is 0. The minimum absolute atomic E-state index is 0.194. The summed E-state index contributed by atoms with van der Waals surface area (Å²) in [7, 11) is -3.45. The van der Waals surface area contributed by atoms with Gasteiger partial charge >= 0.3 is 0 Å². The summed E-state index contributed by atoms with van der Waals surface area (Å²) in [5.74, 6) is -1.24. The van der Waals surface area contributed by atoms with Crippen molar-refractivity contribution in [2.75, 3.05) is 0 Å². The number of rotatable bonds is 5. The van der Waals surface area contributed by atoms with Gasteiger partial charge in [-0.25, -0.2) is 21.9 Å². The molecular weight excluding hydrogens is 334 g/mol. The van der Waals surface area contributed by atoms with E-state index in [4.69, 9.17) is 0 Å². The van der Waals surface area contributed by atoms with Gasteiger partial charge in [0.2, 0.25) is 0 Å². The first-order valence-electron chi connectivity index (χ1n) is 7.17. The Morgan fingerprint density at radius 3 is 2.38 bits per heavy atom. The van der Waals surface area contributed by atoms with E-state index in [-0.39, 0.29) is 11.5 Å². The number of hydrogen-bond donors (Lipinski definition) is 0. The maximum absolute atomic E-state index is 13.2. The molecule has 0 fully saturated rings. The lowest BCUT2D eigenvalue weighted by molar-refractivity contribution is 0.593. The van der Waals surface area contributed by atoms with E-state index >= 15 is 0 Å². The van der Waals surface area contributed by atoms with Gasteiger partial charge in [0, 0.05) is 6.20 Å². The van der Waals surface area contributed by atoms with Gasteiger partial charge in [-0.15, -0.1) is 0 Å². The molecule has 0 N–H and O–H groups in total. The van der Waals surface area contributed by atoms with Gasteiger partial charge in [0.15, 0.2) is 9.84 Å². The van der Waals surface area contributed by atoms with Crippen LogP contribution in [0.3, 0.4) is 0 Å². The Hall–Kier alpha value is -2.54. The number of aromatic nitrogens is 2. The molecule has 0 amide bonds. The van der Waals surface area contributed by atoms with Crippen molar-refractivity contribution in [2.45, 2.75) is 11.5 Å². The topological polar surface area (TPSA) is 52.0 Å². The first-order valence-corrected chi connectivity index (χ1v) is 8.99. The highest BCUT2D eigenvalue weighted by molar-refractivity contribution is 7.89. The Kier molecular flexibility index (Phi) is 4.44. The van der Waals surface area contributed by atoms with Crippen LogP contribution in [-0.4, -0.2) is 18.2 Å². The molecule has 1 aromatic heterocycles. The first-order chi connectivity index (χ1) is 11.4. The van der Waals surface area contributed by atoms with Gasteiger partial charge < -0.3 is 0 Å². The van der Waals surface area contributed by atoms with Crippen LogP contribution in [-0.2, 0) is 21.3 Å². The van der Waals surface area contributed by atoms with Gasteiger partial charge in [0.25, 0.3) is 0 Å². The number of sulfone groups is 1. The molecule has 1 heterocycles. The third-order valence-electron chi connectivity index (χ3n) is 3.38. The zero-order chi connectivity index (χ0) is 17.2. The number of halogens is 2. The molecule has 0 saturated heterocycles. The maximum Gasteiger partial charge on any atom is 0.160 e. The van der Waals surface area contributed by atoms with Gasteiger partial charge in [0.05, 0.1) is 22.9 Å². The molecule has 0 aliphatic rings. The Morgan fingerprint density at radius 1 is 0.917 bits per heavy atom. The lowest BCUT2D eigenvalue weighted by Crippen LogP contribution is -2.08. The van der Waals surface area contributed by atoms with Crippen molar-refractivity contribution in [3.05, 3.63) is 83.7 Å². The molecule has 0 saturated carbocycles. The standard InChI is InChI=1S/C17H14F2N2O2S/c18-14-6-4-13(5-7-14)11-24(22,23)12-16-8-9-21(20-16)17-3-1-2-15(19)10-17/h1-10H,11-12H2. The fourth-order valence-corrected chi connectivity index (χ4v) is 3.72. The van der Waals surface area contributed by atoms with Crippen LogP contribution in [0.2, 0.25) is 0 Å². The largest absolute Gasteiger partial charge is 0.241 e. The lowest BCUT2D eigenvalue weighted by Gasteiger charge is -2.04. The average Bonchev–Trinajstić information content (AvgIpc) is 2.97. The average molecular weight is 348 g/mol. The zero-order valence-electron chi connectivity index (χ0n) is 12.6. The van der Waals surface area contributed by atoms with Gasteiger partial charge in [-0.1, -0.05) is 18.2 Å². The molecule has 124 valence electrons. The van der Waals surface area contributed by atoms with Crippen LogP contribution < -0.4 is 0 Å². The van der Waals surface area contributed by atoms with Crippen LogP contribution in [0.25, 0.3) is 5.69 Å². The van der Waals surface area contributed by atoms with Gasteiger partial charge in [-0.05, 0) is 42.0 Å². The van der Waals surface area contributed by atoms with E-state index in [0.29, 0.717) is 16.9 Å². The zero-order valence-corrected chi connectivity index (χ0v) is 13.4. The Bertz CT molecular complexity index is 951. The molecule has 24 heavy (non-hydrogen) atoms. The Balaban J connectivity index is 1.75. The molecule has 0 aliphatic carbocycles. The third-order valence-corrected chi connectivity index (χ3v) is 4.89. The molecule has 3 aromatic rings. The summed E-state index contributed by atoms with van der Waals surface area (Å²) >= 11 is 0. The predicted octanol–water partition coefficient (Wildman–Crippen LogP) is 3.27. The molecule has 0 atom stereocenters. The van der Waals surface area contributed by atoms with Crippen LogP contribution in [0.5, 0.6) is 0 Å². The van der Waals surface area contributed by atoms with Crippen molar-refractivity contribution in [2.24, 2.45) is 0 Å². The number of benzene rings is 2. The van der Waals surface area contributed by atoms with E-state index < -0.39 is 21.5 Å². The molecule has 2 aromatic carbocycles. The normalized spacial score (nSPS) is 11.6. The predicted molar refractivity (Wildman–Crippen MR) is 86.2 cm³/mol. The van der Waals surface area contributed by atoms with Gasteiger partial charge in [-0.3, -0.25) is 0 Å². The fourth-order valence-electron chi connectivity index (χ4n) is 2.31. The number of nitrogens with zero attached hydrogens (tertiary/aromatic N) is 2. The first kappa shape index (κ1) is 16.3. The van der Waals surface area contributed by atoms with Crippen LogP contribution in [0.15, 0.2) is 60.8 Å². The smallest absolute Gasteiger partial charge is 0.160 e. The van der Waals surface area contributed by atoms with E-state index in [9.17, 15) is 17.2 Å². The monoisotopic (exact) mass is 348 g/mol. The summed E-state index contributed by atoms with van der Waals surface area (Å²) in [5.41, 5.74) is 1.39. The molecule has 0 unspecified atom stereocenters. The Morgan fingerprint density at radius 2 is 1.67 bits per heavy atom. The third kappa shape index (κ3) is 4.05. The second-order valence-corrected chi connectivity index (χ2v) is 7.45. The number of hydrogen-bond acceptors (Lipinski definition) is 3. The summed E-state index contributed by atoms with van der Waals surface area (Å²) in [4.78, 5) is 0. The van der Waals surface area contributed by atoms with Gasteiger partial charge in [0.1, 0.15) is 11.6 Å². The summed E-state index contributed by atoms with van der Waals surface area (Å²) in [6, 6.07) is 12.8. The fraction of sp³-hybridized carbons (Fsp3) is 0.118. The molecule has 0 spiro atoms. The van der Waals surface area contributed by atoms with Crippen LogP contribution in [0, 0.1) is 11.6 Å². The quantitative estimate of drug-likeness (QED) is 0.711. The minimum atomic E-state index is -3.45. The van der Waals surface area contributed by atoms with E-state index in [2.05, 4.69) is 5.10 Å². The highest BCUT2D eigenvalue weighted by Gasteiger charge is 2.15. The molecule has 0 radical (unpaired) electrons. The van der Waals surface area contributed by atoms with Crippen LogP contribution in [0.4, 0.5) is 8.78 Å². The van der Waals surface area contributed by atoms with Crippen molar-refractivity contribution in [1.82, 2.24) is 9.78 Å². The highest BCUT2D eigenvalue weighted by atomic mass is 32.2. The van der Waals surface area contributed by atoms with E-state index in [1.807, 2.05) is 0 Å².